The number of aromatic nitrogens is 4. The number of carbonyl (C=O) groups is 2. The van der Waals surface area contributed by atoms with Gasteiger partial charge in [0.1, 0.15) is 19.4 Å². The molecule has 0 spiro atoms. The zero-order valence-corrected chi connectivity index (χ0v) is 34.5. The molecule has 0 unspecified atom stereocenters. The van der Waals surface area contributed by atoms with Crippen molar-refractivity contribution in [3.63, 3.8) is 0 Å². The molecule has 0 aliphatic rings. The molecule has 0 aliphatic carbocycles. The highest BCUT2D eigenvalue weighted by molar-refractivity contribution is 9.10. The lowest BCUT2D eigenvalue weighted by Crippen LogP contribution is -2.29. The summed E-state index contributed by atoms with van der Waals surface area (Å²) >= 11 is 5.18. The molecule has 2 aromatic carbocycles. The van der Waals surface area contributed by atoms with Crippen molar-refractivity contribution in [2.75, 3.05) is 22.1 Å². The van der Waals surface area contributed by atoms with E-state index in [0.29, 0.717) is 16.8 Å². The zero-order valence-electron chi connectivity index (χ0n) is 31.2. The lowest BCUT2D eigenvalue weighted by molar-refractivity contribution is -0.138. The predicted octanol–water partition coefficient (Wildman–Crippen LogP) is 8.89. The highest BCUT2D eigenvalue weighted by atomic mass is 79.9. The Hall–Kier alpha value is -6.46. The number of rotatable bonds is 6. The maximum Gasteiger partial charge on any atom is 0.490 e. The van der Waals surface area contributed by atoms with Crippen LogP contribution in [0.5, 0.6) is 0 Å². The summed E-state index contributed by atoms with van der Waals surface area (Å²) in [6, 6.07) is 22.8. The van der Waals surface area contributed by atoms with Crippen molar-refractivity contribution in [3.05, 3.63) is 147 Å². The van der Waals surface area contributed by atoms with Gasteiger partial charge in [0.05, 0.1) is 22.5 Å². The molecule has 62 heavy (non-hydrogen) atoms. The van der Waals surface area contributed by atoms with Crippen LogP contribution in [0.1, 0.15) is 30.5 Å². The van der Waals surface area contributed by atoms with Crippen LogP contribution in [0.3, 0.4) is 0 Å². The molecule has 6 aromatic heterocycles. The van der Waals surface area contributed by atoms with E-state index in [1.54, 1.807) is 67.1 Å². The normalized spacial score (nSPS) is 11.2. The average molecular weight is 954 g/mol. The van der Waals surface area contributed by atoms with Gasteiger partial charge in [-0.25, -0.2) is 9.97 Å². The van der Waals surface area contributed by atoms with E-state index in [1.807, 2.05) is 24.3 Å². The van der Waals surface area contributed by atoms with Crippen LogP contribution in [-0.2, 0) is 12.4 Å². The van der Waals surface area contributed by atoms with Gasteiger partial charge >= 0.3 is 19.5 Å². The molecule has 0 saturated heterocycles. The number of thiophene rings is 2. The van der Waals surface area contributed by atoms with Crippen molar-refractivity contribution in [1.82, 2.24) is 19.9 Å². The first-order valence-electron chi connectivity index (χ1n) is 17.5. The van der Waals surface area contributed by atoms with Crippen LogP contribution >= 0.6 is 38.6 Å². The maximum atomic E-state index is 12.9. The topological polar surface area (TPSA) is 202 Å². The number of nitrogen functional groups attached to an aromatic ring is 2. The second-order valence-electron chi connectivity index (χ2n) is 12.7. The molecule has 22 heteroatoms. The number of nitrogens with zero attached hydrogens (tertiary/aromatic N) is 4. The van der Waals surface area contributed by atoms with Crippen molar-refractivity contribution < 1.29 is 46.0 Å². The van der Waals surface area contributed by atoms with Crippen molar-refractivity contribution in [3.8, 4) is 11.1 Å². The van der Waals surface area contributed by atoms with Gasteiger partial charge in [0.2, 0.25) is 0 Å². The van der Waals surface area contributed by atoms with Crippen LogP contribution in [0.25, 0.3) is 31.6 Å². The Balaban J connectivity index is 0.000000175. The van der Waals surface area contributed by atoms with Crippen LogP contribution in [0.15, 0.2) is 127 Å². The molecule has 6 heterocycles. The fourth-order valence-electron chi connectivity index (χ4n) is 5.37. The number of pyridine rings is 4. The number of anilines is 4. The Morgan fingerprint density at radius 3 is 1.47 bits per heavy atom. The summed E-state index contributed by atoms with van der Waals surface area (Å²) in [5, 5.41) is 22.7. The van der Waals surface area contributed by atoms with E-state index in [0.717, 1.165) is 62.8 Å². The number of nitrogens with two attached hydrogens (primary N) is 2. The SMILES string of the molecule is Nc1c(C(=O)Nc2ccc(-c3cccnc3)cc2)sc2ncc(C(F)(F)F)cc12.Nc1c(C(=O)Nc2ccc(Br)cc2)sc2ncc(C(F)(F)F)cc12.OB(O)c1cccnc1. The number of hydrogen-bond acceptors (Lipinski definition) is 12. The Bertz CT molecular complexity index is 2830. The van der Waals surface area contributed by atoms with Gasteiger partial charge in [-0.15, -0.1) is 22.7 Å². The minimum absolute atomic E-state index is 0.0109. The minimum Gasteiger partial charge on any atom is -0.423 e. The molecule has 316 valence electrons. The van der Waals surface area contributed by atoms with Gasteiger partial charge in [0.25, 0.3) is 11.8 Å². The van der Waals surface area contributed by atoms with Gasteiger partial charge in [-0.05, 0) is 71.8 Å². The average Bonchev–Trinajstić information content (AvgIpc) is 3.77. The van der Waals surface area contributed by atoms with Crippen molar-refractivity contribution >= 4 is 106 Å². The summed E-state index contributed by atoms with van der Waals surface area (Å²) < 4.78 is 77.9. The molecule has 0 aliphatic heterocycles. The molecule has 2 amide bonds. The molecule has 8 rings (SSSR count). The van der Waals surface area contributed by atoms with E-state index in [4.69, 9.17) is 21.5 Å². The molecular formula is C40H28BBrF6N8O4S2. The summed E-state index contributed by atoms with van der Waals surface area (Å²) in [6.07, 6.45) is -1.19. The third-order valence-corrected chi connectivity index (χ3v) is 11.2. The second-order valence-corrected chi connectivity index (χ2v) is 15.6. The van der Waals surface area contributed by atoms with Crippen molar-refractivity contribution in [2.45, 2.75) is 12.4 Å². The van der Waals surface area contributed by atoms with E-state index < -0.39 is 42.4 Å². The van der Waals surface area contributed by atoms with Crippen LogP contribution in [-0.4, -0.2) is 48.9 Å². The lowest BCUT2D eigenvalue weighted by atomic mass is 9.82. The first-order chi connectivity index (χ1) is 29.4. The summed E-state index contributed by atoms with van der Waals surface area (Å²) in [5.74, 6) is -1.00. The van der Waals surface area contributed by atoms with Gasteiger partial charge in [-0.1, -0.05) is 40.2 Å². The molecular weight excluding hydrogens is 925 g/mol. The zero-order chi connectivity index (χ0) is 44.8. The first-order valence-corrected chi connectivity index (χ1v) is 20.0. The van der Waals surface area contributed by atoms with Crippen LogP contribution in [0.4, 0.5) is 49.1 Å². The molecule has 0 bridgehead atoms. The number of benzene rings is 2. The quantitative estimate of drug-likeness (QED) is 0.0691. The number of fused-ring (bicyclic) bond motifs is 2. The van der Waals surface area contributed by atoms with Gasteiger partial charge in [0, 0.05) is 69.3 Å². The van der Waals surface area contributed by atoms with E-state index in [-0.39, 0.29) is 41.6 Å². The third kappa shape index (κ3) is 11.1. The number of carbonyl (C=O) groups excluding carboxylic acids is 2. The molecule has 0 atom stereocenters. The molecule has 8 aromatic rings. The number of hydrogen-bond donors (Lipinski definition) is 6. The molecule has 0 saturated carbocycles. The first kappa shape index (κ1) is 45.1. The Kier molecular flexibility index (Phi) is 13.9. The summed E-state index contributed by atoms with van der Waals surface area (Å²) in [7, 11) is -1.40. The molecule has 8 N–H and O–H groups in total. The van der Waals surface area contributed by atoms with E-state index >= 15 is 0 Å². The third-order valence-electron chi connectivity index (χ3n) is 8.46. The van der Waals surface area contributed by atoms with Crippen LogP contribution in [0.2, 0.25) is 0 Å². The van der Waals surface area contributed by atoms with Crippen LogP contribution in [0, 0.1) is 0 Å². The fraction of sp³-hybridized carbons (Fsp3) is 0.0500. The molecule has 12 nitrogen and oxygen atoms in total. The number of amides is 2. The summed E-state index contributed by atoms with van der Waals surface area (Å²) in [5.41, 5.74) is 13.3. The Morgan fingerprint density at radius 1 is 0.629 bits per heavy atom. The van der Waals surface area contributed by atoms with E-state index in [9.17, 15) is 35.9 Å². The summed E-state index contributed by atoms with van der Waals surface area (Å²) in [6.45, 7) is 0. The molecule has 0 radical (unpaired) electrons. The minimum atomic E-state index is -4.53. The highest BCUT2D eigenvalue weighted by Crippen LogP contribution is 2.39. The Labute approximate surface area is 363 Å². The predicted molar refractivity (Wildman–Crippen MR) is 232 cm³/mol. The maximum absolute atomic E-state index is 12.9. The standard InChI is InChI=1S/C20H13F3N4OS.C15H9BrF3N3OS.C5H6BNO2/c21-20(22,23)13-8-15-16(24)17(29-19(15)26-10-13)18(28)27-14-5-3-11(4-6-14)12-2-1-7-25-9-12;16-8-1-3-9(4-2-8)22-13(23)12-11(20)10-5-7(15(17,18)19)6-21-14(10)24-12;8-6(9)5-2-1-3-7-4-5/h1-10H,24H2,(H,27,28);1-6H,20H2,(H,22,23);1-4,8-9H. The molecule has 0 fully saturated rings. The van der Waals surface area contributed by atoms with Gasteiger partial charge in [-0.2, -0.15) is 26.3 Å². The summed E-state index contributed by atoms with van der Waals surface area (Å²) in [4.78, 5) is 41.0. The number of nitrogens with one attached hydrogen (secondary N) is 2. The monoisotopic (exact) mass is 952 g/mol. The van der Waals surface area contributed by atoms with E-state index in [2.05, 4.69) is 46.5 Å². The van der Waals surface area contributed by atoms with E-state index in [1.165, 1.54) is 6.20 Å². The van der Waals surface area contributed by atoms with Gasteiger partial charge < -0.3 is 32.1 Å². The van der Waals surface area contributed by atoms with Crippen molar-refractivity contribution in [1.29, 1.82) is 0 Å². The highest BCUT2D eigenvalue weighted by Gasteiger charge is 2.33. The van der Waals surface area contributed by atoms with Gasteiger partial charge in [0.15, 0.2) is 0 Å². The smallest absolute Gasteiger partial charge is 0.423 e. The van der Waals surface area contributed by atoms with Crippen molar-refractivity contribution in [2.24, 2.45) is 0 Å². The number of alkyl halides is 6. The number of halogens is 7. The lowest BCUT2D eigenvalue weighted by Gasteiger charge is -2.06. The second kappa shape index (κ2) is 19.1. The largest absolute Gasteiger partial charge is 0.490 e. The van der Waals surface area contributed by atoms with Gasteiger partial charge in [-0.3, -0.25) is 19.6 Å². The fourth-order valence-corrected chi connectivity index (χ4v) is 7.51. The van der Waals surface area contributed by atoms with Crippen LogP contribution < -0.4 is 27.6 Å². The Morgan fingerprint density at radius 2 is 1.08 bits per heavy atom.